The number of hydrogen-bond acceptors (Lipinski definition) is 4. The Balaban J connectivity index is 2.28. The summed E-state index contributed by atoms with van der Waals surface area (Å²) < 4.78 is 73.6. The summed E-state index contributed by atoms with van der Waals surface area (Å²) in [6.07, 6.45) is -0.930. The summed E-state index contributed by atoms with van der Waals surface area (Å²) in [5.41, 5.74) is 0.366. The molecule has 1 N–H and O–H groups in total. The van der Waals surface area contributed by atoms with Gasteiger partial charge in [0.2, 0.25) is 0 Å². The van der Waals surface area contributed by atoms with Crippen molar-refractivity contribution in [1.29, 1.82) is 0 Å². The van der Waals surface area contributed by atoms with Crippen molar-refractivity contribution in [2.75, 3.05) is 31.5 Å². The minimum atomic E-state index is -3.04. The molecule has 1 saturated heterocycles. The Morgan fingerprint density at radius 2 is 2.58 bits per heavy atom. The third kappa shape index (κ3) is 2.92. The number of H-pyrrole nitrogens is 1. The number of aromatic nitrogens is 3. The van der Waals surface area contributed by atoms with Gasteiger partial charge in [0, 0.05) is 35.4 Å². The molecule has 0 aromatic carbocycles. The van der Waals surface area contributed by atoms with Crippen LogP contribution in [0.2, 0.25) is 0 Å². The molecule has 24 heavy (non-hydrogen) atoms. The first-order chi connectivity index (χ1) is 15.1. The second-order valence-electron chi connectivity index (χ2n) is 5.56. The van der Waals surface area contributed by atoms with E-state index in [9.17, 15) is 4.79 Å². The van der Waals surface area contributed by atoms with E-state index in [1.54, 1.807) is 6.92 Å². The van der Waals surface area contributed by atoms with Crippen LogP contribution in [0, 0.1) is 19.4 Å². The monoisotopic (exact) mass is 335 g/mol. The molecule has 0 unspecified atom stereocenters. The van der Waals surface area contributed by atoms with E-state index in [0.29, 0.717) is 10.6 Å². The molecule has 2 aromatic heterocycles. The van der Waals surface area contributed by atoms with Crippen molar-refractivity contribution >= 4 is 22.8 Å². The molecule has 3 rings (SSSR count). The van der Waals surface area contributed by atoms with E-state index in [-0.39, 0.29) is 35.9 Å². The minimum absolute atomic E-state index is 0.0304. The molecule has 0 radical (unpaired) electrons. The summed E-state index contributed by atoms with van der Waals surface area (Å²) in [5.74, 6) is -3.31. The highest BCUT2D eigenvalue weighted by molar-refractivity contribution is 5.88. The van der Waals surface area contributed by atoms with E-state index < -0.39 is 51.1 Å². The van der Waals surface area contributed by atoms with Crippen LogP contribution in [0.5, 0.6) is 0 Å². The van der Waals surface area contributed by atoms with Gasteiger partial charge >= 0.3 is 5.91 Å². The molecule has 0 saturated carbocycles. The van der Waals surface area contributed by atoms with Gasteiger partial charge in [-0.1, -0.05) is 6.85 Å². The molecular formula is C17H22N6O. The van der Waals surface area contributed by atoms with Gasteiger partial charge in [0.15, 0.2) is 0 Å². The zero-order valence-electron chi connectivity index (χ0n) is 22.1. The van der Waals surface area contributed by atoms with Gasteiger partial charge in [-0.15, -0.1) is 0 Å². The maximum absolute atomic E-state index is 12.4. The SMILES string of the molecule is [2H]c1nc(N([C@H]2CN(C(=O)C[N+]#[C-])CC[C@@]2([2H])C([2H])([2H])[2H])C([2H])([2H])[2H])c2c([2H])c(C)[nH]c2n1. The third-order valence-electron chi connectivity index (χ3n) is 3.95. The van der Waals surface area contributed by atoms with Crippen molar-refractivity contribution in [2.24, 2.45) is 5.89 Å². The van der Waals surface area contributed by atoms with Gasteiger partial charge in [0.25, 0.3) is 6.54 Å². The number of aryl methyl sites for hydroxylation is 1. The molecule has 1 amide bonds. The third-order valence-corrected chi connectivity index (χ3v) is 3.95. The van der Waals surface area contributed by atoms with Crippen molar-refractivity contribution in [3.05, 3.63) is 29.5 Å². The van der Waals surface area contributed by atoms with Crippen LogP contribution in [0.25, 0.3) is 15.9 Å². The number of carbonyl (C=O) groups is 1. The molecule has 3 heterocycles. The Kier molecular flexibility index (Phi) is 2.29. The van der Waals surface area contributed by atoms with Crippen molar-refractivity contribution in [3.63, 3.8) is 0 Å². The largest absolute Gasteiger partial charge is 0.354 e. The first-order valence-corrected chi connectivity index (χ1v) is 7.35. The van der Waals surface area contributed by atoms with Gasteiger partial charge in [0.1, 0.15) is 19.1 Å². The van der Waals surface area contributed by atoms with Gasteiger partial charge in [-0.25, -0.2) is 16.5 Å². The zero-order valence-corrected chi connectivity index (χ0v) is 13.1. The molecule has 0 bridgehead atoms. The number of hydrogen-bond donors (Lipinski definition) is 1. The molecule has 7 nitrogen and oxygen atoms in total. The highest BCUT2D eigenvalue weighted by Gasteiger charge is 2.33. The van der Waals surface area contributed by atoms with E-state index in [0.717, 1.165) is 0 Å². The Hall–Kier alpha value is -2.62. The predicted octanol–water partition coefficient (Wildman–Crippen LogP) is 1.86. The maximum Gasteiger partial charge on any atom is 0.302 e. The van der Waals surface area contributed by atoms with Crippen LogP contribution in [0.4, 0.5) is 5.82 Å². The summed E-state index contributed by atoms with van der Waals surface area (Å²) in [4.78, 5) is 27.9. The van der Waals surface area contributed by atoms with Gasteiger partial charge in [0.05, 0.1) is 12.8 Å². The molecule has 2 aromatic rings. The molecule has 2 atom stereocenters. The van der Waals surface area contributed by atoms with E-state index >= 15 is 0 Å². The van der Waals surface area contributed by atoms with E-state index in [1.807, 2.05) is 0 Å². The maximum atomic E-state index is 12.4. The molecule has 1 fully saturated rings. The molecule has 0 aliphatic carbocycles. The molecule has 126 valence electrons. The molecule has 7 heteroatoms. The minimum Gasteiger partial charge on any atom is -0.354 e. The Morgan fingerprint density at radius 1 is 1.71 bits per heavy atom. The van der Waals surface area contributed by atoms with Crippen LogP contribution in [0.3, 0.4) is 0 Å². The number of amides is 1. The topological polar surface area (TPSA) is 69.5 Å². The van der Waals surface area contributed by atoms with Crippen molar-refractivity contribution in [2.45, 2.75) is 26.2 Å². The highest BCUT2D eigenvalue weighted by Crippen LogP contribution is 2.29. The van der Waals surface area contributed by atoms with Crippen LogP contribution >= 0.6 is 0 Å². The van der Waals surface area contributed by atoms with Gasteiger partial charge in [-0.05, 0) is 25.3 Å². The number of nitrogens with zero attached hydrogens (tertiary/aromatic N) is 5. The van der Waals surface area contributed by atoms with Gasteiger partial charge in [-0.3, -0.25) is 4.79 Å². The average molecular weight is 335 g/mol. The first kappa shape index (κ1) is 8.47. The number of anilines is 1. The lowest BCUT2D eigenvalue weighted by Crippen LogP contribution is -2.53. The number of rotatable bonds is 3. The van der Waals surface area contributed by atoms with E-state index in [4.69, 9.17) is 18.9 Å². The summed E-state index contributed by atoms with van der Waals surface area (Å²) in [6.45, 7) is 1.43. The van der Waals surface area contributed by atoms with E-state index in [2.05, 4.69) is 19.8 Å². The second kappa shape index (κ2) is 6.48. The number of likely N-dealkylation sites (tertiary alicyclic amines) is 1. The molecule has 0 spiro atoms. The quantitative estimate of drug-likeness (QED) is 0.869. The van der Waals surface area contributed by atoms with Crippen LogP contribution in [0.15, 0.2) is 12.3 Å². The Morgan fingerprint density at radius 3 is 3.33 bits per heavy atom. The molecular weight excluding hydrogens is 304 g/mol. The lowest BCUT2D eigenvalue weighted by molar-refractivity contribution is -0.130. The fourth-order valence-corrected chi connectivity index (χ4v) is 2.73. The number of piperidine rings is 1. The summed E-state index contributed by atoms with van der Waals surface area (Å²) in [5, 5.41) is -0.0304. The van der Waals surface area contributed by atoms with Gasteiger partial charge in [-0.2, -0.15) is 0 Å². The van der Waals surface area contributed by atoms with Crippen molar-refractivity contribution in [3.8, 4) is 0 Å². The normalized spacial score (nSPS) is 30.4. The smallest absolute Gasteiger partial charge is 0.302 e. The standard InChI is InChI=1S/C17H22N6O/c1-11-5-6-23(15(24)8-18-3)9-14(11)22(4)17-13-7-12(2)21-16(13)19-10-20-17/h7,10-11,14H,5-6,8-9H2,1-2,4H3,(H,19,20,21)/t11-,14+/m1/s1/i1D3,4D3,7D,10D,11D. The van der Waals surface area contributed by atoms with Gasteiger partial charge < -0.3 is 19.6 Å². The highest BCUT2D eigenvalue weighted by atomic mass is 16.2. The van der Waals surface area contributed by atoms with Crippen LogP contribution in [-0.2, 0) is 4.79 Å². The number of nitrogens with one attached hydrogen (secondary N) is 1. The summed E-state index contributed by atoms with van der Waals surface area (Å²) in [6, 6.07) is -1.73. The summed E-state index contributed by atoms with van der Waals surface area (Å²) >= 11 is 0. The van der Waals surface area contributed by atoms with Crippen molar-refractivity contribution in [1.82, 2.24) is 19.9 Å². The van der Waals surface area contributed by atoms with E-state index in [1.165, 1.54) is 4.90 Å². The Bertz CT molecular complexity index is 1120. The lowest BCUT2D eigenvalue weighted by Gasteiger charge is -2.41. The van der Waals surface area contributed by atoms with Crippen LogP contribution < -0.4 is 4.90 Å². The number of likely N-dealkylation sites (N-methyl/N-ethyl adjacent to an activating group) is 1. The second-order valence-corrected chi connectivity index (χ2v) is 5.56. The number of carbonyl (C=O) groups excluding carboxylic acids is 1. The van der Waals surface area contributed by atoms with Crippen molar-refractivity contribution < 1.29 is 17.1 Å². The van der Waals surface area contributed by atoms with Crippen LogP contribution in [0.1, 0.15) is 31.3 Å². The summed E-state index contributed by atoms with van der Waals surface area (Å²) in [7, 11) is 0. The molecule has 1 aliphatic rings. The molecule has 1 aliphatic heterocycles. The predicted molar refractivity (Wildman–Crippen MR) is 92.6 cm³/mol. The fraction of sp³-hybridized carbons (Fsp3) is 0.529. The van der Waals surface area contributed by atoms with Crippen LogP contribution in [-0.4, -0.2) is 58.4 Å². The average Bonchev–Trinajstić information content (AvgIpc) is 2.95. The number of aromatic amines is 1. The Labute approximate surface area is 154 Å². The number of fused-ring (bicyclic) bond motifs is 1. The first-order valence-electron chi connectivity index (χ1n) is 11.9. The zero-order chi connectivity index (χ0) is 24.9. The fourth-order valence-electron chi connectivity index (χ4n) is 2.73. The lowest BCUT2D eigenvalue weighted by atomic mass is 9.92.